The number of anilines is 1. The van der Waals surface area contributed by atoms with Crippen LogP contribution in [0.2, 0.25) is 0 Å². The minimum Gasteiger partial charge on any atom is -0.396 e. The van der Waals surface area contributed by atoms with Crippen LogP contribution in [0, 0.1) is 5.92 Å². The van der Waals surface area contributed by atoms with Crippen molar-refractivity contribution in [2.75, 3.05) is 50.9 Å². The zero-order valence-corrected chi connectivity index (χ0v) is 16.2. The monoisotopic (exact) mass is 362 g/mol. The normalized spacial score (nSPS) is 16.0. The third-order valence-corrected chi connectivity index (χ3v) is 4.68. The molecule has 1 aliphatic heterocycles. The summed E-state index contributed by atoms with van der Waals surface area (Å²) in [6.07, 6.45) is 2.14. The minimum atomic E-state index is 0.317. The molecule has 1 fully saturated rings. The molecule has 1 heterocycles. The Morgan fingerprint density at radius 2 is 1.92 bits per heavy atom. The molecule has 0 bridgehead atoms. The highest BCUT2D eigenvalue weighted by molar-refractivity contribution is 5.79. The Kier molecular flexibility index (Phi) is 9.28. The third kappa shape index (κ3) is 6.84. The number of rotatable bonds is 9. The zero-order chi connectivity index (χ0) is 18.6. The van der Waals surface area contributed by atoms with Gasteiger partial charge in [-0.2, -0.15) is 0 Å². The summed E-state index contributed by atoms with van der Waals surface area (Å²) in [6, 6.07) is 8.67. The van der Waals surface area contributed by atoms with Gasteiger partial charge >= 0.3 is 0 Å². The Hall–Kier alpha value is -1.79. The van der Waals surface area contributed by atoms with Crippen LogP contribution in [-0.4, -0.2) is 57.1 Å². The van der Waals surface area contributed by atoms with Crippen LogP contribution in [0.15, 0.2) is 29.3 Å². The van der Waals surface area contributed by atoms with E-state index in [9.17, 15) is 5.11 Å². The molecule has 6 heteroatoms. The van der Waals surface area contributed by atoms with Gasteiger partial charge in [0.1, 0.15) is 0 Å². The number of ether oxygens (including phenoxy) is 1. The molecule has 0 spiro atoms. The van der Waals surface area contributed by atoms with Gasteiger partial charge in [-0.15, -0.1) is 0 Å². The van der Waals surface area contributed by atoms with Gasteiger partial charge in [-0.3, -0.25) is 0 Å². The number of benzene rings is 1. The standard InChI is InChI=1S/C20H34N4O2/c1-3-21-20(22-11-14-26-4-2)23-15-17-5-7-19(8-6-17)24-12-9-18(16-25)10-13-24/h5-8,18,25H,3-4,9-16H2,1-2H3,(H2,21,22,23). The lowest BCUT2D eigenvalue weighted by Gasteiger charge is -2.32. The number of guanidine groups is 1. The minimum absolute atomic E-state index is 0.317. The van der Waals surface area contributed by atoms with Gasteiger partial charge in [0.25, 0.3) is 0 Å². The fourth-order valence-corrected chi connectivity index (χ4v) is 3.08. The lowest BCUT2D eigenvalue weighted by Crippen LogP contribution is -2.39. The van der Waals surface area contributed by atoms with Crippen LogP contribution in [0.5, 0.6) is 0 Å². The molecule has 0 atom stereocenters. The second kappa shape index (κ2) is 11.8. The summed E-state index contributed by atoms with van der Waals surface area (Å²) >= 11 is 0. The molecule has 1 aromatic rings. The van der Waals surface area contributed by atoms with E-state index in [1.165, 1.54) is 11.3 Å². The van der Waals surface area contributed by atoms with Crippen LogP contribution in [0.3, 0.4) is 0 Å². The van der Waals surface area contributed by atoms with E-state index in [0.717, 1.165) is 51.6 Å². The first-order valence-electron chi connectivity index (χ1n) is 9.81. The predicted octanol–water partition coefficient (Wildman–Crippen LogP) is 1.99. The van der Waals surface area contributed by atoms with Gasteiger partial charge in [-0.25, -0.2) is 4.99 Å². The van der Waals surface area contributed by atoms with E-state index in [-0.39, 0.29) is 0 Å². The fourth-order valence-electron chi connectivity index (χ4n) is 3.08. The SMILES string of the molecule is CCNC(=NCc1ccc(N2CCC(CO)CC2)cc1)NCCOCC. The molecule has 2 rings (SSSR count). The molecule has 0 amide bonds. The van der Waals surface area contributed by atoms with E-state index in [1.807, 2.05) is 6.92 Å². The van der Waals surface area contributed by atoms with E-state index < -0.39 is 0 Å². The Balaban J connectivity index is 1.84. The van der Waals surface area contributed by atoms with E-state index >= 15 is 0 Å². The quantitative estimate of drug-likeness (QED) is 0.356. The van der Waals surface area contributed by atoms with Crippen LogP contribution in [0.1, 0.15) is 32.3 Å². The summed E-state index contributed by atoms with van der Waals surface area (Å²) in [4.78, 5) is 7.04. The highest BCUT2D eigenvalue weighted by Crippen LogP contribution is 2.23. The molecule has 0 unspecified atom stereocenters. The smallest absolute Gasteiger partial charge is 0.191 e. The first-order chi connectivity index (χ1) is 12.8. The van der Waals surface area contributed by atoms with Crippen LogP contribution in [0.25, 0.3) is 0 Å². The second-order valence-corrected chi connectivity index (χ2v) is 6.60. The molecule has 0 saturated carbocycles. The van der Waals surface area contributed by atoms with Crippen LogP contribution < -0.4 is 15.5 Å². The third-order valence-electron chi connectivity index (χ3n) is 4.68. The van der Waals surface area contributed by atoms with E-state index in [4.69, 9.17) is 4.74 Å². The lowest BCUT2D eigenvalue weighted by molar-refractivity contribution is 0.152. The lowest BCUT2D eigenvalue weighted by atomic mass is 9.97. The maximum absolute atomic E-state index is 9.26. The first-order valence-corrected chi connectivity index (χ1v) is 9.81. The first kappa shape index (κ1) is 20.5. The van der Waals surface area contributed by atoms with Crippen LogP contribution >= 0.6 is 0 Å². The van der Waals surface area contributed by atoms with Crippen molar-refractivity contribution in [1.29, 1.82) is 0 Å². The van der Waals surface area contributed by atoms with Crippen molar-refractivity contribution in [3.05, 3.63) is 29.8 Å². The average Bonchev–Trinajstić information content (AvgIpc) is 2.70. The fraction of sp³-hybridized carbons (Fsp3) is 0.650. The Bertz CT molecular complexity index is 525. The van der Waals surface area contributed by atoms with Crippen molar-refractivity contribution < 1.29 is 9.84 Å². The Morgan fingerprint density at radius 3 is 2.54 bits per heavy atom. The largest absolute Gasteiger partial charge is 0.396 e. The summed E-state index contributed by atoms with van der Waals surface area (Å²) in [6.45, 7) is 10.1. The summed E-state index contributed by atoms with van der Waals surface area (Å²) in [5, 5.41) is 15.8. The van der Waals surface area contributed by atoms with Crippen molar-refractivity contribution in [3.63, 3.8) is 0 Å². The predicted molar refractivity (Wildman–Crippen MR) is 108 cm³/mol. The molecular formula is C20H34N4O2. The highest BCUT2D eigenvalue weighted by atomic mass is 16.5. The summed E-state index contributed by atoms with van der Waals surface area (Å²) in [7, 11) is 0. The summed E-state index contributed by atoms with van der Waals surface area (Å²) in [5.74, 6) is 1.29. The van der Waals surface area contributed by atoms with Gasteiger partial charge in [-0.05, 0) is 50.3 Å². The number of hydrogen-bond acceptors (Lipinski definition) is 4. The highest BCUT2D eigenvalue weighted by Gasteiger charge is 2.18. The second-order valence-electron chi connectivity index (χ2n) is 6.60. The van der Waals surface area contributed by atoms with Gasteiger partial charge in [0.05, 0.1) is 13.2 Å². The number of hydrogen-bond donors (Lipinski definition) is 3. The number of piperidine rings is 1. The van der Waals surface area contributed by atoms with Crippen molar-refractivity contribution >= 4 is 11.6 Å². The topological polar surface area (TPSA) is 69.1 Å². The van der Waals surface area contributed by atoms with Crippen LogP contribution in [0.4, 0.5) is 5.69 Å². The molecule has 0 aliphatic carbocycles. The van der Waals surface area contributed by atoms with E-state index in [2.05, 4.69) is 51.7 Å². The van der Waals surface area contributed by atoms with Gasteiger partial charge < -0.3 is 25.4 Å². The molecule has 0 radical (unpaired) electrons. The summed E-state index contributed by atoms with van der Waals surface area (Å²) in [5.41, 5.74) is 2.46. The number of aliphatic hydroxyl groups excluding tert-OH is 1. The number of aliphatic imine (C=N–C) groups is 1. The number of nitrogens with zero attached hydrogens (tertiary/aromatic N) is 2. The van der Waals surface area contributed by atoms with E-state index in [0.29, 0.717) is 25.7 Å². The van der Waals surface area contributed by atoms with Gasteiger partial charge in [0, 0.05) is 45.1 Å². The Morgan fingerprint density at radius 1 is 1.19 bits per heavy atom. The molecule has 1 aromatic carbocycles. The molecule has 1 aliphatic rings. The maximum atomic E-state index is 9.26. The number of nitrogens with one attached hydrogen (secondary N) is 2. The van der Waals surface area contributed by atoms with Crippen molar-refractivity contribution in [3.8, 4) is 0 Å². The van der Waals surface area contributed by atoms with Gasteiger partial charge in [0.15, 0.2) is 5.96 Å². The molecule has 3 N–H and O–H groups in total. The average molecular weight is 363 g/mol. The van der Waals surface area contributed by atoms with E-state index in [1.54, 1.807) is 0 Å². The van der Waals surface area contributed by atoms with Crippen molar-refractivity contribution in [2.45, 2.75) is 33.2 Å². The summed E-state index contributed by atoms with van der Waals surface area (Å²) < 4.78 is 5.35. The number of aliphatic hydroxyl groups is 1. The van der Waals surface area contributed by atoms with Crippen molar-refractivity contribution in [1.82, 2.24) is 10.6 Å². The molecule has 26 heavy (non-hydrogen) atoms. The molecule has 6 nitrogen and oxygen atoms in total. The maximum Gasteiger partial charge on any atom is 0.191 e. The van der Waals surface area contributed by atoms with Crippen molar-refractivity contribution in [2.24, 2.45) is 10.9 Å². The van der Waals surface area contributed by atoms with Crippen LogP contribution in [-0.2, 0) is 11.3 Å². The van der Waals surface area contributed by atoms with Gasteiger partial charge in [-0.1, -0.05) is 12.1 Å². The molecule has 146 valence electrons. The Labute approximate surface area is 157 Å². The van der Waals surface area contributed by atoms with Gasteiger partial charge in [0.2, 0.25) is 0 Å². The molecule has 1 saturated heterocycles. The molecule has 0 aromatic heterocycles. The molecular weight excluding hydrogens is 328 g/mol. The zero-order valence-electron chi connectivity index (χ0n) is 16.2.